The second kappa shape index (κ2) is 6.52. The van der Waals surface area contributed by atoms with Gasteiger partial charge >= 0.3 is 0 Å². The number of para-hydroxylation sites is 1. The van der Waals surface area contributed by atoms with Crippen LogP contribution in [0.15, 0.2) is 59.3 Å². The number of benzene rings is 1. The molecule has 0 N–H and O–H groups in total. The van der Waals surface area contributed by atoms with Crippen LogP contribution in [0.5, 0.6) is 0 Å². The molecule has 0 saturated heterocycles. The molecule has 0 spiro atoms. The van der Waals surface area contributed by atoms with Crippen molar-refractivity contribution in [3.8, 4) is 11.8 Å². The minimum Gasteiger partial charge on any atom is -0.461 e. The van der Waals surface area contributed by atoms with E-state index in [0.29, 0.717) is 10.7 Å². The van der Waals surface area contributed by atoms with Crippen LogP contribution in [0.2, 0.25) is 5.02 Å². The Kier molecular flexibility index (Phi) is 4.27. The van der Waals surface area contributed by atoms with Crippen LogP contribution in [0.3, 0.4) is 0 Å². The Morgan fingerprint density at radius 3 is 2.62 bits per heavy atom. The van der Waals surface area contributed by atoms with Gasteiger partial charge in [-0.3, -0.25) is 9.59 Å². The third-order valence-corrected chi connectivity index (χ3v) is 3.68. The lowest BCUT2D eigenvalue weighted by Crippen LogP contribution is -2.23. The molecule has 2 aromatic heterocycles. The first-order chi connectivity index (χ1) is 11.6. The maximum atomic E-state index is 12.4. The Balaban J connectivity index is 1.89. The van der Waals surface area contributed by atoms with Gasteiger partial charge in [0, 0.05) is 6.20 Å². The molecule has 7 heteroatoms. The summed E-state index contributed by atoms with van der Waals surface area (Å²) in [6.45, 7) is 0. The predicted octanol–water partition coefficient (Wildman–Crippen LogP) is 3.32. The zero-order valence-electron chi connectivity index (χ0n) is 12.2. The summed E-state index contributed by atoms with van der Waals surface area (Å²) < 4.78 is 6.38. The summed E-state index contributed by atoms with van der Waals surface area (Å²) in [6.07, 6.45) is 2.85. The van der Waals surface area contributed by atoms with Crippen molar-refractivity contribution in [2.75, 3.05) is 0 Å². The van der Waals surface area contributed by atoms with Crippen LogP contribution in [0.25, 0.3) is 5.69 Å². The maximum absolute atomic E-state index is 12.4. The highest BCUT2D eigenvalue weighted by atomic mass is 35.5. The molecule has 0 saturated carbocycles. The monoisotopic (exact) mass is 339 g/mol. The van der Waals surface area contributed by atoms with Crippen molar-refractivity contribution in [1.29, 1.82) is 5.26 Å². The Labute approximate surface area is 141 Å². The number of nitriles is 1. The fraction of sp³-hybridized carbons (Fsp3) is 0.0588. The van der Waals surface area contributed by atoms with Crippen molar-refractivity contribution in [3.63, 3.8) is 0 Å². The van der Waals surface area contributed by atoms with Crippen molar-refractivity contribution < 1.29 is 14.0 Å². The van der Waals surface area contributed by atoms with Crippen LogP contribution in [0.4, 0.5) is 0 Å². The quantitative estimate of drug-likeness (QED) is 0.525. The van der Waals surface area contributed by atoms with Gasteiger partial charge in [-0.05, 0) is 30.3 Å². The molecule has 118 valence electrons. The van der Waals surface area contributed by atoms with E-state index in [4.69, 9.17) is 16.0 Å². The van der Waals surface area contributed by atoms with Gasteiger partial charge in [0.25, 0.3) is 0 Å². The third-order valence-electron chi connectivity index (χ3n) is 3.36. The third kappa shape index (κ3) is 2.85. The topological polar surface area (TPSA) is 88.9 Å². The van der Waals surface area contributed by atoms with Crippen LogP contribution in [-0.4, -0.2) is 21.3 Å². The molecule has 1 atom stereocenters. The smallest absolute Gasteiger partial charge is 0.223 e. The average molecular weight is 340 g/mol. The number of aromatic nitrogens is 2. The zero-order chi connectivity index (χ0) is 17.1. The summed E-state index contributed by atoms with van der Waals surface area (Å²) >= 11 is 6.09. The van der Waals surface area contributed by atoms with Gasteiger partial charge in [0.1, 0.15) is 5.69 Å². The molecular formula is C17H10ClN3O3. The first-order valence-corrected chi connectivity index (χ1v) is 7.31. The van der Waals surface area contributed by atoms with Crippen LogP contribution < -0.4 is 0 Å². The van der Waals surface area contributed by atoms with E-state index in [-0.39, 0.29) is 11.5 Å². The lowest BCUT2D eigenvalue weighted by molar-refractivity contribution is 0.0826. The van der Waals surface area contributed by atoms with E-state index in [0.717, 1.165) is 0 Å². The summed E-state index contributed by atoms with van der Waals surface area (Å²) in [5.41, 5.74) is 0.588. The Hall–Kier alpha value is -3.17. The molecule has 24 heavy (non-hydrogen) atoms. The van der Waals surface area contributed by atoms with Crippen LogP contribution in [0, 0.1) is 17.2 Å². The number of hydrogen-bond acceptors (Lipinski definition) is 5. The van der Waals surface area contributed by atoms with Crippen molar-refractivity contribution in [2.45, 2.75) is 0 Å². The number of hydrogen-bond donors (Lipinski definition) is 0. The summed E-state index contributed by atoms with van der Waals surface area (Å²) in [6, 6.07) is 13.0. The first kappa shape index (κ1) is 15.7. The fourth-order valence-corrected chi connectivity index (χ4v) is 2.39. The van der Waals surface area contributed by atoms with E-state index in [1.807, 2.05) is 0 Å². The molecule has 6 nitrogen and oxygen atoms in total. The molecule has 0 fully saturated rings. The van der Waals surface area contributed by atoms with Gasteiger partial charge in [-0.25, -0.2) is 4.68 Å². The van der Waals surface area contributed by atoms with Gasteiger partial charge in [-0.1, -0.05) is 23.7 Å². The number of ketones is 2. The van der Waals surface area contributed by atoms with E-state index >= 15 is 0 Å². The lowest BCUT2D eigenvalue weighted by Gasteiger charge is -2.04. The van der Waals surface area contributed by atoms with Gasteiger partial charge in [-0.15, -0.1) is 0 Å². The minimum atomic E-state index is -1.51. The summed E-state index contributed by atoms with van der Waals surface area (Å²) in [7, 11) is 0. The summed E-state index contributed by atoms with van der Waals surface area (Å²) in [5.74, 6) is -2.93. The van der Waals surface area contributed by atoms with E-state index < -0.39 is 17.5 Å². The summed E-state index contributed by atoms with van der Waals surface area (Å²) in [5, 5.41) is 13.8. The highest BCUT2D eigenvalue weighted by Gasteiger charge is 2.31. The molecule has 0 amide bonds. The molecule has 2 heterocycles. The largest absolute Gasteiger partial charge is 0.461 e. The number of Topliss-reactive ketones (excluding diaryl/α,β-unsaturated/α-hetero) is 2. The molecule has 0 aliphatic rings. The highest BCUT2D eigenvalue weighted by molar-refractivity contribution is 6.32. The molecular weight excluding hydrogens is 330 g/mol. The molecule has 0 aliphatic carbocycles. The molecule has 1 aromatic carbocycles. The number of carbonyl (C=O) groups excluding carboxylic acids is 2. The van der Waals surface area contributed by atoms with E-state index in [2.05, 4.69) is 5.10 Å². The van der Waals surface area contributed by atoms with Crippen molar-refractivity contribution in [1.82, 2.24) is 9.78 Å². The van der Waals surface area contributed by atoms with E-state index in [1.54, 1.807) is 36.5 Å². The molecule has 0 unspecified atom stereocenters. The Bertz CT molecular complexity index is 938. The molecule has 3 rings (SSSR count). The van der Waals surface area contributed by atoms with Gasteiger partial charge in [0.05, 0.1) is 23.0 Å². The predicted molar refractivity (Wildman–Crippen MR) is 85.0 cm³/mol. The number of halogens is 1. The minimum absolute atomic E-state index is 0.00127. The number of nitrogens with zero attached hydrogens (tertiary/aromatic N) is 3. The maximum Gasteiger partial charge on any atom is 0.223 e. The number of carbonyl (C=O) groups is 2. The molecule has 3 aromatic rings. The average Bonchev–Trinajstić information content (AvgIpc) is 3.27. The van der Waals surface area contributed by atoms with Crippen molar-refractivity contribution >= 4 is 23.2 Å². The highest BCUT2D eigenvalue weighted by Crippen LogP contribution is 2.20. The Morgan fingerprint density at radius 2 is 1.96 bits per heavy atom. The molecule has 0 aliphatic heterocycles. The fourth-order valence-electron chi connectivity index (χ4n) is 2.17. The lowest BCUT2D eigenvalue weighted by atomic mass is 9.97. The summed E-state index contributed by atoms with van der Waals surface area (Å²) in [4.78, 5) is 24.6. The van der Waals surface area contributed by atoms with Gasteiger partial charge in [-0.2, -0.15) is 10.4 Å². The Morgan fingerprint density at radius 1 is 1.17 bits per heavy atom. The second-order valence-electron chi connectivity index (χ2n) is 4.86. The van der Waals surface area contributed by atoms with Crippen LogP contribution in [0.1, 0.15) is 21.0 Å². The van der Waals surface area contributed by atoms with Crippen molar-refractivity contribution in [3.05, 3.63) is 71.4 Å². The standard InChI is InChI=1S/C17H10ClN3O3/c18-12-4-1-2-5-14(12)21-8-7-13(20-21)16(22)11(10-19)17(23)15-6-3-9-24-15/h1-9,11H/t11-/m0/s1. The van der Waals surface area contributed by atoms with Gasteiger partial charge in [0.2, 0.25) is 11.6 Å². The number of furan rings is 1. The van der Waals surface area contributed by atoms with E-state index in [9.17, 15) is 14.9 Å². The van der Waals surface area contributed by atoms with Crippen molar-refractivity contribution in [2.24, 2.45) is 5.92 Å². The second-order valence-corrected chi connectivity index (χ2v) is 5.27. The van der Waals surface area contributed by atoms with Gasteiger partial charge < -0.3 is 4.42 Å². The first-order valence-electron chi connectivity index (χ1n) is 6.94. The zero-order valence-corrected chi connectivity index (χ0v) is 13.0. The normalized spacial score (nSPS) is 11.7. The van der Waals surface area contributed by atoms with E-state index in [1.165, 1.54) is 29.1 Å². The molecule has 0 bridgehead atoms. The molecule has 0 radical (unpaired) electrons. The SMILES string of the molecule is N#C[C@@H](C(=O)c1ccn(-c2ccccc2Cl)n1)C(=O)c1ccco1. The number of rotatable bonds is 5. The van der Waals surface area contributed by atoms with Gasteiger partial charge in [0.15, 0.2) is 11.7 Å². The van der Waals surface area contributed by atoms with Crippen LogP contribution >= 0.6 is 11.6 Å². The van der Waals surface area contributed by atoms with Crippen LogP contribution in [-0.2, 0) is 0 Å².